The molecule has 0 amide bonds. The summed E-state index contributed by atoms with van der Waals surface area (Å²) in [7, 11) is 0. The van der Waals surface area contributed by atoms with Gasteiger partial charge in [-0.05, 0) is 208 Å². The van der Waals surface area contributed by atoms with Gasteiger partial charge < -0.3 is 19.6 Å². The van der Waals surface area contributed by atoms with Gasteiger partial charge in [-0.3, -0.25) is 4.90 Å². The van der Waals surface area contributed by atoms with Crippen molar-refractivity contribution in [2.24, 2.45) is 124 Å². The Morgan fingerprint density at radius 2 is 0.744 bits per heavy atom. The Labute approximate surface area is 493 Å². The molecule has 78 heavy (non-hydrogen) atoms. The van der Waals surface area contributed by atoms with Crippen LogP contribution >= 0.6 is 0 Å². The topological polar surface area (TPSA) is 16.2 Å². The molecule has 5 nitrogen and oxygen atoms in total. The fourth-order valence-electron chi connectivity index (χ4n) is 15.8. The van der Waals surface area contributed by atoms with E-state index >= 15 is 0 Å². The Balaban J connectivity index is 0.000000247. The van der Waals surface area contributed by atoms with Crippen molar-refractivity contribution >= 4 is 0 Å². The summed E-state index contributed by atoms with van der Waals surface area (Å²) in [6.07, 6.45) is 17.5. The molecule has 0 aromatic heterocycles. The molecule has 5 atom stereocenters. The molecule has 0 N–H and O–H groups in total. The molecule has 5 unspecified atom stereocenters. The average Bonchev–Trinajstić information content (AvgIpc) is 3.52. The number of hydrogen-bond acceptors (Lipinski definition) is 5. The minimum absolute atomic E-state index is 0.605. The van der Waals surface area contributed by atoms with Gasteiger partial charge in [-0.2, -0.15) is 0 Å². The fraction of sp³-hybridized carbons (Fsp3) is 1.00. The van der Waals surface area contributed by atoms with Crippen molar-refractivity contribution in [2.75, 3.05) is 85.1 Å². The Hall–Kier alpha value is -0.200. The van der Waals surface area contributed by atoms with E-state index in [2.05, 4.69) is 198 Å². The maximum Gasteiger partial charge on any atom is 0.0102 e. The molecule has 6 aliphatic heterocycles. The van der Waals surface area contributed by atoms with Crippen molar-refractivity contribution in [1.29, 1.82) is 0 Å². The second kappa shape index (κ2) is 35.3. The van der Waals surface area contributed by atoms with Crippen molar-refractivity contribution in [3.8, 4) is 0 Å². The van der Waals surface area contributed by atoms with Crippen LogP contribution in [0.5, 0.6) is 0 Å². The summed E-state index contributed by atoms with van der Waals surface area (Å²) in [6.45, 7) is 76.1. The highest BCUT2D eigenvalue weighted by molar-refractivity contribution is 5.06. The van der Waals surface area contributed by atoms with Crippen molar-refractivity contribution in [3.05, 3.63) is 0 Å². The van der Waals surface area contributed by atoms with E-state index in [1.165, 1.54) is 162 Å². The predicted octanol–water partition coefficient (Wildman–Crippen LogP) is 18.8. The van der Waals surface area contributed by atoms with Crippen LogP contribution in [0, 0.1) is 124 Å². The van der Waals surface area contributed by atoms with Gasteiger partial charge in [0.25, 0.3) is 0 Å². The maximum atomic E-state index is 2.82. The van der Waals surface area contributed by atoms with Gasteiger partial charge in [-0.25, -0.2) is 0 Å². The first-order valence-electron chi connectivity index (χ1n) is 35.0. The van der Waals surface area contributed by atoms with Gasteiger partial charge in [0.05, 0.1) is 0 Å². The van der Waals surface area contributed by atoms with Crippen molar-refractivity contribution in [2.45, 2.75) is 262 Å². The van der Waals surface area contributed by atoms with Crippen molar-refractivity contribution < 1.29 is 0 Å². The van der Waals surface area contributed by atoms with E-state index in [9.17, 15) is 0 Å². The number of fused-ring (bicyclic) bond motifs is 3. The molecular weight excluding hydrogens is 947 g/mol. The normalized spacial score (nSPS) is 29.7. The molecular formula is C73H147N5. The molecule has 0 spiro atoms. The van der Waals surface area contributed by atoms with E-state index in [1.54, 1.807) is 0 Å². The molecule has 2 saturated carbocycles. The first-order valence-corrected chi connectivity index (χ1v) is 35.0. The van der Waals surface area contributed by atoms with Crippen LogP contribution in [0.15, 0.2) is 0 Å². The quantitative estimate of drug-likeness (QED) is 0.136. The number of hydrogen-bond donors (Lipinski definition) is 0. The highest BCUT2D eigenvalue weighted by Gasteiger charge is 2.56. The summed E-state index contributed by atoms with van der Waals surface area (Å²) in [5.41, 5.74) is 0.605. The van der Waals surface area contributed by atoms with E-state index in [1.807, 2.05) is 0 Å². The van der Waals surface area contributed by atoms with E-state index in [-0.39, 0.29) is 0 Å². The highest BCUT2D eigenvalue weighted by atomic mass is 15.2. The Morgan fingerprint density at radius 1 is 0.346 bits per heavy atom. The van der Waals surface area contributed by atoms with Crippen LogP contribution < -0.4 is 0 Å². The fourth-order valence-corrected chi connectivity index (χ4v) is 15.8. The second-order valence-electron chi connectivity index (χ2n) is 33.4. The molecule has 464 valence electrons. The molecule has 6 saturated heterocycles. The van der Waals surface area contributed by atoms with Gasteiger partial charge >= 0.3 is 0 Å². The molecule has 8 aliphatic rings. The van der Waals surface area contributed by atoms with Crippen LogP contribution in [0.1, 0.15) is 250 Å². The lowest BCUT2D eigenvalue weighted by atomic mass is 9.72. The maximum absolute atomic E-state index is 2.82. The molecule has 2 aliphatic carbocycles. The van der Waals surface area contributed by atoms with E-state index in [4.69, 9.17) is 0 Å². The molecule has 5 heteroatoms. The molecule has 6 heterocycles. The summed E-state index contributed by atoms with van der Waals surface area (Å²) in [5, 5.41) is 0. The summed E-state index contributed by atoms with van der Waals surface area (Å²) in [4.78, 5) is 13.3. The highest BCUT2D eigenvalue weighted by Crippen LogP contribution is 2.55. The Morgan fingerprint density at radius 3 is 1.12 bits per heavy atom. The number of nitrogens with zero attached hydrogens (tertiary/aromatic N) is 5. The Bertz CT molecular complexity index is 1460. The number of piperidine rings is 3. The molecule has 0 aromatic carbocycles. The Kier molecular flexibility index (Phi) is 32.6. The van der Waals surface area contributed by atoms with Crippen molar-refractivity contribution in [3.63, 3.8) is 0 Å². The van der Waals surface area contributed by atoms with Crippen LogP contribution in [0.25, 0.3) is 0 Å². The standard InChI is InChI=1S/C14H27N.C13H27N.C13H26.C12H23N.C11H23N.C10H21N/c1-10(2)9-15-13-5-6-14(15)8-12(7-13)11(3)4;1-11(2)10-14-8-6-13(5,7-9-14)12(3)4;1-10(2)9-12-5-7-13(8-6-12)11(3)4;1-8(2)5-13-6-10-11(7-13)12(10)9(3)4;1-9(2)7-12-6-5-11(8-12)10(3)4;1-8(2)5-11-6-10(7-11)9(3)4/h10-14H,5-9H2,1-4H3;11-12H,6-10H2,1-5H3;10-13H,5-9H2,1-4H3;8-12H,5-7H2,1-4H3;9-11H,5-8H2,1-4H3;8-10H,5-7H2,1-4H3. The summed E-state index contributed by atoms with van der Waals surface area (Å²) >= 11 is 0. The smallest absolute Gasteiger partial charge is 0.0102 e. The third-order valence-electron chi connectivity index (χ3n) is 21.2. The van der Waals surface area contributed by atoms with Gasteiger partial charge in [-0.15, -0.1) is 0 Å². The van der Waals surface area contributed by atoms with E-state index < -0.39 is 0 Å². The lowest BCUT2D eigenvalue weighted by Crippen LogP contribution is -2.50. The minimum atomic E-state index is 0.605. The van der Waals surface area contributed by atoms with Crippen LogP contribution in [-0.4, -0.2) is 122 Å². The second-order valence-corrected chi connectivity index (χ2v) is 33.4. The number of rotatable bonds is 18. The molecule has 8 fully saturated rings. The van der Waals surface area contributed by atoms with Crippen LogP contribution in [0.4, 0.5) is 0 Å². The van der Waals surface area contributed by atoms with Crippen LogP contribution in [0.2, 0.25) is 0 Å². The van der Waals surface area contributed by atoms with E-state index in [0.717, 1.165) is 130 Å². The summed E-state index contributed by atoms with van der Waals surface area (Å²) in [6, 6.07) is 1.86. The zero-order chi connectivity index (χ0) is 58.8. The first kappa shape index (κ1) is 72.1. The zero-order valence-corrected chi connectivity index (χ0v) is 58.1. The molecule has 2 bridgehead atoms. The van der Waals surface area contributed by atoms with Gasteiger partial charge in [0.1, 0.15) is 0 Å². The molecule has 8 rings (SSSR count). The molecule has 0 radical (unpaired) electrons. The third-order valence-corrected chi connectivity index (χ3v) is 21.2. The number of likely N-dealkylation sites (tertiary alicyclic amines) is 4. The average molecular weight is 1100 g/mol. The van der Waals surface area contributed by atoms with Gasteiger partial charge in [0, 0.05) is 77.5 Å². The van der Waals surface area contributed by atoms with E-state index in [0.29, 0.717) is 5.41 Å². The molecule has 0 aromatic rings. The van der Waals surface area contributed by atoms with Crippen molar-refractivity contribution in [1.82, 2.24) is 24.5 Å². The zero-order valence-electron chi connectivity index (χ0n) is 58.1. The van der Waals surface area contributed by atoms with Crippen LogP contribution in [0.3, 0.4) is 0 Å². The third kappa shape index (κ3) is 26.0. The summed E-state index contributed by atoms with van der Waals surface area (Å²) in [5.74, 6) is 18.6. The van der Waals surface area contributed by atoms with Gasteiger partial charge in [0.15, 0.2) is 0 Å². The monoisotopic (exact) mass is 1090 g/mol. The van der Waals surface area contributed by atoms with Gasteiger partial charge in [0.2, 0.25) is 0 Å². The lowest BCUT2D eigenvalue weighted by molar-refractivity contribution is 0.0579. The van der Waals surface area contributed by atoms with Crippen LogP contribution in [-0.2, 0) is 0 Å². The largest absolute Gasteiger partial charge is 0.303 e. The first-order chi connectivity index (χ1) is 36.4. The minimum Gasteiger partial charge on any atom is -0.303 e. The summed E-state index contributed by atoms with van der Waals surface area (Å²) < 4.78 is 0. The lowest BCUT2D eigenvalue weighted by Gasteiger charge is -2.42. The van der Waals surface area contributed by atoms with Gasteiger partial charge in [-0.1, -0.05) is 186 Å². The predicted molar refractivity (Wildman–Crippen MR) is 350 cm³/mol. The SMILES string of the molecule is CC(C)CC1CCC(C(C)C)CC1.CC(C)CN1C2CCC1CC(C(C)C)C2.CC(C)CN1CC(C(C)C)C1.CC(C)CN1CC2C(C1)C2C(C)C.CC(C)CN1CCC(C(C)C)C1.CC(C)CN1CCC(C)(C(C)C)CC1.